The van der Waals surface area contributed by atoms with Gasteiger partial charge in [-0.05, 0) is 103 Å². The number of benzene rings is 2. The summed E-state index contributed by atoms with van der Waals surface area (Å²) < 4.78 is 10.6. The summed E-state index contributed by atoms with van der Waals surface area (Å²) in [4.78, 5) is 24.4. The number of aliphatic hydroxyl groups excluding tert-OH is 2. The Kier molecular flexibility index (Phi) is 12.2. The van der Waals surface area contributed by atoms with Crippen molar-refractivity contribution < 1.29 is 39.5 Å². The van der Waals surface area contributed by atoms with Crippen molar-refractivity contribution in [2.75, 3.05) is 13.2 Å². The number of ether oxygens (including phenoxy) is 2. The van der Waals surface area contributed by atoms with Gasteiger partial charge < -0.3 is 29.9 Å². The van der Waals surface area contributed by atoms with E-state index in [2.05, 4.69) is 34.6 Å². The van der Waals surface area contributed by atoms with Crippen molar-refractivity contribution in [2.24, 2.45) is 22.7 Å². The van der Waals surface area contributed by atoms with Gasteiger partial charge in [0.05, 0.1) is 38.3 Å². The minimum absolute atomic E-state index is 0.0808. The third kappa shape index (κ3) is 9.06. The lowest BCUT2D eigenvalue weighted by Gasteiger charge is -2.46. The minimum atomic E-state index is -1.34. The maximum Gasteiger partial charge on any atom is 0.310 e. The molecule has 4 N–H and O–H groups in total. The van der Waals surface area contributed by atoms with Crippen LogP contribution in [-0.4, -0.2) is 57.8 Å². The van der Waals surface area contributed by atoms with Crippen molar-refractivity contribution in [3.8, 4) is 0 Å². The van der Waals surface area contributed by atoms with Gasteiger partial charge in [-0.25, -0.2) is 0 Å². The highest BCUT2D eigenvalue weighted by molar-refractivity contribution is 5.73. The lowest BCUT2D eigenvalue weighted by atomic mass is 9.63. The molecule has 0 aliphatic heterocycles. The maximum absolute atomic E-state index is 12.6. The first-order valence-electron chi connectivity index (χ1n) is 17.8. The molecule has 0 bridgehead atoms. The fourth-order valence-corrected chi connectivity index (χ4v) is 7.79. The summed E-state index contributed by atoms with van der Waals surface area (Å²) in [6.07, 6.45) is 3.61. The van der Waals surface area contributed by atoms with Crippen LogP contribution in [0.15, 0.2) is 48.5 Å². The van der Waals surface area contributed by atoms with Crippen molar-refractivity contribution in [3.63, 3.8) is 0 Å². The van der Waals surface area contributed by atoms with Crippen LogP contribution in [0.25, 0.3) is 0 Å². The molecule has 2 aromatic rings. The van der Waals surface area contributed by atoms with Gasteiger partial charge in [0.1, 0.15) is 11.2 Å². The summed E-state index contributed by atoms with van der Waals surface area (Å²) in [5, 5.41) is 44.8. The molecular weight excluding hydrogens is 608 g/mol. The van der Waals surface area contributed by atoms with E-state index in [9.17, 15) is 30.0 Å². The van der Waals surface area contributed by atoms with Gasteiger partial charge in [-0.3, -0.25) is 9.59 Å². The molecule has 2 saturated carbocycles. The summed E-state index contributed by atoms with van der Waals surface area (Å²) in [5.41, 5.74) is 0.262. The highest BCUT2D eigenvalue weighted by atomic mass is 16.5. The summed E-state index contributed by atoms with van der Waals surface area (Å²) in [6.45, 7) is 13.3. The highest BCUT2D eigenvalue weighted by Crippen LogP contribution is 2.48. The number of aliphatic hydroxyl groups is 4. The lowest BCUT2D eigenvalue weighted by molar-refractivity contribution is -0.144. The van der Waals surface area contributed by atoms with Gasteiger partial charge in [-0.2, -0.15) is 0 Å². The van der Waals surface area contributed by atoms with Gasteiger partial charge in [-0.1, -0.05) is 83.1 Å². The number of carbonyl (C=O) groups is 2. The van der Waals surface area contributed by atoms with Crippen LogP contribution in [0.1, 0.15) is 115 Å². The maximum atomic E-state index is 12.6. The lowest BCUT2D eigenvalue weighted by Crippen LogP contribution is -2.47. The van der Waals surface area contributed by atoms with Gasteiger partial charge in [0, 0.05) is 0 Å². The first-order chi connectivity index (χ1) is 22.5. The molecule has 6 atom stereocenters. The molecule has 0 aromatic heterocycles. The standard InChI is InChI=1S/C40H58O8/c1-7-47-35(43)23-27-9-13-30(14-10-27)40(46)21-18-32(26-34(40)42)38(5,6)19-8-22-48-36(44)24-28-11-15-29(16-12-28)39(45)20-17-31(25-33(39)41)37(2,3)4/h9-16,31-34,41-42,45-46H,7-8,17-26H2,1-6H3/t31-,32+,33+,34+,39+,40+/m0/s1. The summed E-state index contributed by atoms with van der Waals surface area (Å²) >= 11 is 0. The van der Waals surface area contributed by atoms with E-state index < -0.39 is 23.4 Å². The third-order valence-electron chi connectivity index (χ3n) is 11.3. The summed E-state index contributed by atoms with van der Waals surface area (Å²) in [6, 6.07) is 14.5. The molecule has 8 nitrogen and oxygen atoms in total. The number of esters is 2. The number of hydrogen-bond donors (Lipinski definition) is 4. The zero-order valence-electron chi connectivity index (χ0n) is 29.8. The van der Waals surface area contributed by atoms with E-state index in [1.165, 1.54) is 0 Å². The summed E-state index contributed by atoms with van der Waals surface area (Å²) in [7, 11) is 0. The van der Waals surface area contributed by atoms with E-state index in [0.29, 0.717) is 62.4 Å². The van der Waals surface area contributed by atoms with Crippen molar-refractivity contribution in [3.05, 3.63) is 70.8 Å². The van der Waals surface area contributed by atoms with Crippen molar-refractivity contribution in [1.29, 1.82) is 0 Å². The van der Waals surface area contributed by atoms with Crippen LogP contribution in [0, 0.1) is 22.7 Å². The number of rotatable bonds is 12. The molecule has 266 valence electrons. The van der Waals surface area contributed by atoms with Gasteiger partial charge >= 0.3 is 11.9 Å². The first-order valence-corrected chi connectivity index (χ1v) is 17.8. The quantitative estimate of drug-likeness (QED) is 0.157. The molecule has 0 heterocycles. The molecule has 48 heavy (non-hydrogen) atoms. The van der Waals surface area contributed by atoms with Gasteiger partial charge in [0.25, 0.3) is 0 Å². The smallest absolute Gasteiger partial charge is 0.310 e. The average molecular weight is 667 g/mol. The third-order valence-corrected chi connectivity index (χ3v) is 11.3. The first kappa shape index (κ1) is 38.0. The molecule has 2 aromatic carbocycles. The van der Waals surface area contributed by atoms with E-state index in [1.807, 2.05) is 24.3 Å². The number of carbonyl (C=O) groups excluding carboxylic acids is 2. The van der Waals surface area contributed by atoms with Crippen LogP contribution >= 0.6 is 0 Å². The van der Waals surface area contributed by atoms with Crippen LogP contribution in [-0.2, 0) is 43.1 Å². The predicted molar refractivity (Wildman–Crippen MR) is 185 cm³/mol. The largest absolute Gasteiger partial charge is 0.466 e. The van der Waals surface area contributed by atoms with E-state index in [4.69, 9.17) is 9.47 Å². The van der Waals surface area contributed by atoms with E-state index in [1.54, 1.807) is 31.2 Å². The Bertz CT molecular complexity index is 1360. The zero-order valence-corrected chi connectivity index (χ0v) is 29.8. The molecule has 8 heteroatoms. The summed E-state index contributed by atoms with van der Waals surface area (Å²) in [5.74, 6) is -0.0559. The molecule has 2 aliphatic rings. The average Bonchev–Trinajstić information content (AvgIpc) is 3.02. The molecule has 4 rings (SSSR count). The second-order valence-electron chi connectivity index (χ2n) is 16.1. The molecule has 0 radical (unpaired) electrons. The van der Waals surface area contributed by atoms with Gasteiger partial charge in [0.15, 0.2) is 0 Å². The van der Waals surface area contributed by atoms with Crippen molar-refractivity contribution in [2.45, 2.75) is 129 Å². The highest BCUT2D eigenvalue weighted by Gasteiger charge is 2.47. The second kappa shape index (κ2) is 15.4. The van der Waals surface area contributed by atoms with E-state index in [0.717, 1.165) is 30.4 Å². The van der Waals surface area contributed by atoms with Gasteiger partial charge in [-0.15, -0.1) is 0 Å². The Morgan fingerprint density at radius 3 is 1.60 bits per heavy atom. The molecule has 0 saturated heterocycles. The monoisotopic (exact) mass is 666 g/mol. The fraction of sp³-hybridized carbons (Fsp3) is 0.650. The molecule has 2 fully saturated rings. The number of hydrogen-bond acceptors (Lipinski definition) is 8. The van der Waals surface area contributed by atoms with E-state index >= 15 is 0 Å². The molecule has 0 amide bonds. The Labute approximate surface area is 286 Å². The van der Waals surface area contributed by atoms with Crippen LogP contribution in [0.3, 0.4) is 0 Å². The van der Waals surface area contributed by atoms with Crippen LogP contribution in [0.4, 0.5) is 0 Å². The van der Waals surface area contributed by atoms with E-state index in [-0.39, 0.29) is 41.5 Å². The molecule has 0 spiro atoms. The normalized spacial score (nSPS) is 28.1. The Morgan fingerprint density at radius 2 is 1.17 bits per heavy atom. The zero-order chi connectivity index (χ0) is 35.3. The van der Waals surface area contributed by atoms with Crippen molar-refractivity contribution in [1.82, 2.24) is 0 Å². The van der Waals surface area contributed by atoms with Crippen molar-refractivity contribution >= 4 is 11.9 Å². The Balaban J connectivity index is 1.21. The van der Waals surface area contributed by atoms with Gasteiger partial charge in [0.2, 0.25) is 0 Å². The Morgan fingerprint density at radius 1 is 0.729 bits per heavy atom. The van der Waals surface area contributed by atoms with Crippen LogP contribution < -0.4 is 0 Å². The SMILES string of the molecule is CCOC(=O)Cc1ccc([C@]2(O)CC[C@@H](C(C)(C)CCCOC(=O)Cc3ccc([C@]4(O)CC[C@H](C(C)(C)C)C[C@H]4O)cc3)C[C@H]2O)cc1. The van der Waals surface area contributed by atoms with Crippen LogP contribution in [0.5, 0.6) is 0 Å². The topological polar surface area (TPSA) is 134 Å². The molecule has 2 aliphatic carbocycles. The molecule has 0 unspecified atom stereocenters. The predicted octanol–water partition coefficient (Wildman–Crippen LogP) is 6.13. The minimum Gasteiger partial charge on any atom is -0.466 e. The fourth-order valence-electron chi connectivity index (χ4n) is 7.79. The molecular formula is C40H58O8. The second-order valence-corrected chi connectivity index (χ2v) is 16.1. The Hall–Kier alpha value is -2.78. The van der Waals surface area contributed by atoms with Crippen LogP contribution in [0.2, 0.25) is 0 Å².